The Labute approximate surface area is 88.2 Å². The molecule has 3 aromatic heterocycles. The lowest BCUT2D eigenvalue weighted by Gasteiger charge is -1.82. The van der Waals surface area contributed by atoms with E-state index in [9.17, 15) is 0 Å². The van der Waals surface area contributed by atoms with Gasteiger partial charge in [0.25, 0.3) is 0 Å². The van der Waals surface area contributed by atoms with Crippen LogP contribution < -0.4 is 5.73 Å². The van der Waals surface area contributed by atoms with Gasteiger partial charge in [0.05, 0.1) is 10.9 Å². The Kier molecular flexibility index (Phi) is 1.65. The van der Waals surface area contributed by atoms with E-state index in [0.29, 0.717) is 5.82 Å². The van der Waals surface area contributed by atoms with Gasteiger partial charge in [-0.15, -0.1) is 16.4 Å². The van der Waals surface area contributed by atoms with Crippen LogP contribution in [0.1, 0.15) is 0 Å². The molecule has 0 amide bonds. The molecule has 3 rings (SSSR count). The maximum Gasteiger partial charge on any atom is 0.239 e. The first kappa shape index (κ1) is 8.30. The molecule has 0 fully saturated rings. The summed E-state index contributed by atoms with van der Waals surface area (Å²) in [5.74, 6) is 0.816. The number of pyridine rings is 1. The standard InChI is InChI=1S/C8H6N6S/c9-8-12-6(13-14-8)7-11-4-3-10-2-1-5(4)15-7/h1-3H,(H3,9,12,13,14). The SMILES string of the molecule is Nc1n[nH]c(-c2nc3cnccc3s2)n1. The normalized spacial score (nSPS) is 10.9. The van der Waals surface area contributed by atoms with Crippen molar-refractivity contribution in [2.45, 2.75) is 0 Å². The van der Waals surface area contributed by atoms with Crippen molar-refractivity contribution in [1.82, 2.24) is 25.1 Å². The van der Waals surface area contributed by atoms with E-state index in [1.165, 1.54) is 11.3 Å². The average Bonchev–Trinajstić information content (AvgIpc) is 2.82. The molecule has 0 radical (unpaired) electrons. The molecule has 6 nitrogen and oxygen atoms in total. The van der Waals surface area contributed by atoms with E-state index in [0.717, 1.165) is 15.2 Å². The maximum absolute atomic E-state index is 5.42. The number of fused-ring (bicyclic) bond motifs is 1. The third kappa shape index (κ3) is 1.33. The molecule has 0 aromatic carbocycles. The van der Waals surface area contributed by atoms with Crippen molar-refractivity contribution in [2.75, 3.05) is 5.73 Å². The molecule has 0 saturated heterocycles. The fourth-order valence-corrected chi connectivity index (χ4v) is 2.12. The Balaban J connectivity index is 2.19. The minimum atomic E-state index is 0.224. The lowest BCUT2D eigenvalue weighted by atomic mass is 10.4. The highest BCUT2D eigenvalue weighted by Gasteiger charge is 2.09. The second kappa shape index (κ2) is 2.99. The van der Waals surface area contributed by atoms with Gasteiger partial charge in [0, 0.05) is 6.20 Å². The zero-order chi connectivity index (χ0) is 10.3. The Hall–Kier alpha value is -2.02. The number of aromatic amines is 1. The second-order valence-electron chi connectivity index (χ2n) is 2.90. The van der Waals surface area contributed by atoms with Crippen LogP contribution in [-0.2, 0) is 0 Å². The highest BCUT2D eigenvalue weighted by molar-refractivity contribution is 7.21. The number of anilines is 1. The van der Waals surface area contributed by atoms with Crippen LogP contribution in [0.15, 0.2) is 18.5 Å². The Morgan fingerprint density at radius 2 is 2.27 bits per heavy atom. The van der Waals surface area contributed by atoms with Gasteiger partial charge in [-0.05, 0) is 6.07 Å². The van der Waals surface area contributed by atoms with Crippen LogP contribution in [0.3, 0.4) is 0 Å². The van der Waals surface area contributed by atoms with E-state index in [2.05, 4.69) is 25.1 Å². The summed E-state index contributed by atoms with van der Waals surface area (Å²) < 4.78 is 1.06. The molecule has 3 aromatic rings. The van der Waals surface area contributed by atoms with Crippen molar-refractivity contribution >= 4 is 27.5 Å². The van der Waals surface area contributed by atoms with E-state index >= 15 is 0 Å². The number of hydrogen-bond acceptors (Lipinski definition) is 6. The molecule has 3 heterocycles. The van der Waals surface area contributed by atoms with Gasteiger partial charge in [-0.25, -0.2) is 4.98 Å². The lowest BCUT2D eigenvalue weighted by molar-refractivity contribution is 1.10. The molecular formula is C8H6N6S. The molecule has 0 aliphatic heterocycles. The quantitative estimate of drug-likeness (QED) is 0.637. The fraction of sp³-hybridized carbons (Fsp3) is 0. The number of thiazole rings is 1. The smallest absolute Gasteiger partial charge is 0.239 e. The van der Waals surface area contributed by atoms with E-state index in [4.69, 9.17) is 5.73 Å². The number of nitrogen functional groups attached to an aromatic ring is 1. The average molecular weight is 218 g/mol. The minimum Gasteiger partial charge on any atom is -0.366 e. The van der Waals surface area contributed by atoms with E-state index in [-0.39, 0.29) is 5.95 Å². The predicted molar refractivity (Wildman–Crippen MR) is 57.2 cm³/mol. The summed E-state index contributed by atoms with van der Waals surface area (Å²) in [6.07, 6.45) is 3.45. The molecule has 7 heteroatoms. The molecule has 0 atom stereocenters. The first-order valence-electron chi connectivity index (χ1n) is 4.22. The van der Waals surface area contributed by atoms with Crippen LogP contribution in [0.5, 0.6) is 0 Å². The Morgan fingerprint density at radius 1 is 1.33 bits per heavy atom. The number of nitrogens with one attached hydrogen (secondary N) is 1. The lowest BCUT2D eigenvalue weighted by Crippen LogP contribution is -1.85. The van der Waals surface area contributed by atoms with Crippen LogP contribution in [0.25, 0.3) is 21.0 Å². The molecule has 15 heavy (non-hydrogen) atoms. The van der Waals surface area contributed by atoms with Gasteiger partial charge in [0.1, 0.15) is 5.52 Å². The summed E-state index contributed by atoms with van der Waals surface area (Å²) in [4.78, 5) is 12.4. The number of nitrogens with two attached hydrogens (primary N) is 1. The molecule has 0 aliphatic carbocycles. The first-order chi connectivity index (χ1) is 7.33. The number of rotatable bonds is 1. The molecular weight excluding hydrogens is 212 g/mol. The Bertz CT molecular complexity index is 579. The van der Waals surface area contributed by atoms with E-state index in [1.807, 2.05) is 6.07 Å². The van der Waals surface area contributed by atoms with Gasteiger partial charge in [0.15, 0.2) is 10.8 Å². The molecule has 3 N–H and O–H groups in total. The van der Waals surface area contributed by atoms with Crippen molar-refractivity contribution in [3.05, 3.63) is 18.5 Å². The van der Waals surface area contributed by atoms with Gasteiger partial charge in [0.2, 0.25) is 5.95 Å². The number of nitrogens with zero attached hydrogens (tertiary/aromatic N) is 4. The summed E-state index contributed by atoms with van der Waals surface area (Å²) in [6, 6.07) is 1.91. The number of H-pyrrole nitrogens is 1. The molecule has 0 unspecified atom stereocenters. The van der Waals surface area contributed by atoms with Crippen molar-refractivity contribution in [3.63, 3.8) is 0 Å². The van der Waals surface area contributed by atoms with Gasteiger partial charge in [-0.1, -0.05) is 0 Å². The third-order valence-corrected chi connectivity index (χ3v) is 2.94. The summed E-state index contributed by atoms with van der Waals surface area (Å²) in [5.41, 5.74) is 6.28. The van der Waals surface area contributed by atoms with Crippen molar-refractivity contribution in [1.29, 1.82) is 0 Å². The number of aromatic nitrogens is 5. The van der Waals surface area contributed by atoms with Gasteiger partial charge in [-0.3, -0.25) is 10.1 Å². The summed E-state index contributed by atoms with van der Waals surface area (Å²) in [5, 5.41) is 7.25. The van der Waals surface area contributed by atoms with Crippen molar-refractivity contribution in [2.24, 2.45) is 0 Å². The van der Waals surface area contributed by atoms with Gasteiger partial charge >= 0.3 is 0 Å². The molecule has 0 saturated carbocycles. The van der Waals surface area contributed by atoms with Gasteiger partial charge < -0.3 is 5.73 Å². The first-order valence-corrected chi connectivity index (χ1v) is 5.03. The molecule has 0 spiro atoms. The topological polar surface area (TPSA) is 93.4 Å². The van der Waals surface area contributed by atoms with Gasteiger partial charge in [-0.2, -0.15) is 4.98 Å². The fourth-order valence-electron chi connectivity index (χ4n) is 1.25. The molecule has 0 bridgehead atoms. The van der Waals surface area contributed by atoms with Crippen LogP contribution in [-0.4, -0.2) is 25.1 Å². The van der Waals surface area contributed by atoms with Crippen molar-refractivity contribution < 1.29 is 0 Å². The van der Waals surface area contributed by atoms with E-state index in [1.54, 1.807) is 12.4 Å². The molecule has 0 aliphatic rings. The predicted octanol–water partition coefficient (Wildman–Crippen LogP) is 1.06. The number of hydrogen-bond donors (Lipinski definition) is 2. The van der Waals surface area contributed by atoms with Crippen LogP contribution >= 0.6 is 11.3 Å². The van der Waals surface area contributed by atoms with Crippen LogP contribution in [0, 0.1) is 0 Å². The summed E-state index contributed by atoms with van der Waals surface area (Å²) >= 11 is 1.52. The maximum atomic E-state index is 5.42. The third-order valence-electron chi connectivity index (χ3n) is 1.90. The zero-order valence-corrected chi connectivity index (χ0v) is 8.32. The summed E-state index contributed by atoms with van der Waals surface area (Å²) in [6.45, 7) is 0. The highest BCUT2D eigenvalue weighted by Crippen LogP contribution is 2.27. The largest absolute Gasteiger partial charge is 0.366 e. The monoisotopic (exact) mass is 218 g/mol. The Morgan fingerprint density at radius 3 is 3.00 bits per heavy atom. The highest BCUT2D eigenvalue weighted by atomic mass is 32.1. The van der Waals surface area contributed by atoms with Crippen LogP contribution in [0.4, 0.5) is 5.95 Å². The van der Waals surface area contributed by atoms with Crippen LogP contribution in [0.2, 0.25) is 0 Å². The molecule has 74 valence electrons. The van der Waals surface area contributed by atoms with E-state index < -0.39 is 0 Å². The minimum absolute atomic E-state index is 0.224. The second-order valence-corrected chi connectivity index (χ2v) is 3.94. The summed E-state index contributed by atoms with van der Waals surface area (Å²) in [7, 11) is 0. The van der Waals surface area contributed by atoms with Crippen molar-refractivity contribution in [3.8, 4) is 10.8 Å². The zero-order valence-electron chi connectivity index (χ0n) is 7.51.